The number of nitrogens with one attached hydrogen (secondary N) is 1. The van der Waals surface area contributed by atoms with Gasteiger partial charge in [0, 0.05) is 9.86 Å². The van der Waals surface area contributed by atoms with Gasteiger partial charge in [0.25, 0.3) is 0 Å². The number of nitrogens with zero attached hydrogens (tertiary/aromatic N) is 1. The molecule has 0 saturated heterocycles. The lowest BCUT2D eigenvalue weighted by Gasteiger charge is -2.01. The smallest absolute Gasteiger partial charge is 0.357 e. The molecule has 1 aromatic heterocycles. The summed E-state index contributed by atoms with van der Waals surface area (Å²) >= 11 is 3.21. The molecule has 6 nitrogen and oxygen atoms in total. The van der Waals surface area contributed by atoms with Crippen molar-refractivity contribution in [3.63, 3.8) is 0 Å². The minimum Gasteiger partial charge on any atom is -0.476 e. The third-order valence-corrected chi connectivity index (χ3v) is 2.86. The molecule has 2 rings (SSSR count). The molecule has 2 N–H and O–H groups in total. The van der Waals surface area contributed by atoms with Crippen LogP contribution >= 0.6 is 15.9 Å². The number of carboxylic acids is 1. The van der Waals surface area contributed by atoms with Crippen molar-refractivity contribution in [3.05, 3.63) is 27.9 Å². The van der Waals surface area contributed by atoms with Gasteiger partial charge in [-0.1, -0.05) is 0 Å². The number of carbonyl (C=O) groups is 2. The Bertz CT molecular complexity index is 620. The summed E-state index contributed by atoms with van der Waals surface area (Å²) in [6.07, 6.45) is 0. The molecule has 0 radical (unpaired) electrons. The van der Waals surface area contributed by atoms with Crippen LogP contribution in [0.1, 0.15) is 20.8 Å². The Morgan fingerprint density at radius 3 is 2.76 bits per heavy atom. The lowest BCUT2D eigenvalue weighted by molar-refractivity contribution is 0.0600. The van der Waals surface area contributed by atoms with E-state index in [4.69, 9.17) is 5.11 Å². The molecule has 0 atom stereocenters. The van der Waals surface area contributed by atoms with Crippen LogP contribution in [0.15, 0.2) is 16.6 Å². The Labute approximate surface area is 104 Å². The molecule has 7 heteroatoms. The van der Waals surface area contributed by atoms with Crippen LogP contribution in [-0.4, -0.2) is 34.4 Å². The SMILES string of the molecule is COC(=O)c1cc(Br)c2c(C(=O)O)n[nH]c2c1. The third-order valence-electron chi connectivity index (χ3n) is 2.24. The number of ether oxygens (including phenoxy) is 1. The second kappa shape index (κ2) is 4.17. The fraction of sp³-hybridized carbons (Fsp3) is 0.100. The lowest BCUT2D eigenvalue weighted by atomic mass is 10.1. The second-order valence-electron chi connectivity index (χ2n) is 3.25. The molecule has 17 heavy (non-hydrogen) atoms. The third kappa shape index (κ3) is 1.89. The molecular weight excluding hydrogens is 292 g/mol. The molecule has 0 spiro atoms. The summed E-state index contributed by atoms with van der Waals surface area (Å²) in [4.78, 5) is 22.3. The van der Waals surface area contributed by atoms with Crippen molar-refractivity contribution >= 4 is 38.8 Å². The summed E-state index contributed by atoms with van der Waals surface area (Å²) in [5, 5.41) is 15.6. The van der Waals surface area contributed by atoms with Crippen LogP contribution in [-0.2, 0) is 4.74 Å². The number of aromatic carboxylic acids is 1. The predicted octanol–water partition coefficient (Wildman–Crippen LogP) is 1.81. The summed E-state index contributed by atoms with van der Waals surface area (Å²) in [6, 6.07) is 2.99. The molecule has 0 bridgehead atoms. The maximum Gasteiger partial charge on any atom is 0.357 e. The van der Waals surface area contributed by atoms with E-state index in [2.05, 4.69) is 30.9 Å². The number of aromatic nitrogens is 2. The van der Waals surface area contributed by atoms with Crippen molar-refractivity contribution in [1.29, 1.82) is 0 Å². The largest absolute Gasteiger partial charge is 0.476 e. The Hall–Kier alpha value is -1.89. The number of methoxy groups -OCH3 is 1. The highest BCUT2D eigenvalue weighted by Crippen LogP contribution is 2.27. The molecule has 1 aromatic carbocycles. The van der Waals surface area contributed by atoms with Crippen molar-refractivity contribution in [2.24, 2.45) is 0 Å². The van der Waals surface area contributed by atoms with Gasteiger partial charge in [0.2, 0.25) is 0 Å². The molecular formula is C10H7BrN2O4. The first-order valence-electron chi connectivity index (χ1n) is 4.54. The fourth-order valence-electron chi connectivity index (χ4n) is 1.50. The number of hydrogen-bond donors (Lipinski definition) is 2. The molecule has 0 fully saturated rings. The number of aromatic amines is 1. The van der Waals surface area contributed by atoms with E-state index < -0.39 is 11.9 Å². The minimum absolute atomic E-state index is 0.0942. The van der Waals surface area contributed by atoms with Gasteiger partial charge in [-0.05, 0) is 28.1 Å². The second-order valence-corrected chi connectivity index (χ2v) is 4.10. The van der Waals surface area contributed by atoms with Crippen molar-refractivity contribution in [2.45, 2.75) is 0 Å². The van der Waals surface area contributed by atoms with E-state index >= 15 is 0 Å². The number of H-pyrrole nitrogens is 1. The van der Waals surface area contributed by atoms with Crippen LogP contribution in [0, 0.1) is 0 Å². The van der Waals surface area contributed by atoms with Crippen molar-refractivity contribution in [1.82, 2.24) is 10.2 Å². The van der Waals surface area contributed by atoms with Crippen LogP contribution in [0.4, 0.5) is 0 Å². The predicted molar refractivity (Wildman–Crippen MR) is 62.1 cm³/mol. The van der Waals surface area contributed by atoms with Crippen molar-refractivity contribution in [3.8, 4) is 0 Å². The fourth-order valence-corrected chi connectivity index (χ4v) is 2.15. The van der Waals surface area contributed by atoms with Gasteiger partial charge in [0.1, 0.15) is 0 Å². The van der Waals surface area contributed by atoms with Gasteiger partial charge in [-0.2, -0.15) is 5.10 Å². The van der Waals surface area contributed by atoms with Gasteiger partial charge in [-0.15, -0.1) is 0 Å². The van der Waals surface area contributed by atoms with Crippen LogP contribution in [0.2, 0.25) is 0 Å². The molecule has 2 aromatic rings. The quantitative estimate of drug-likeness (QED) is 0.825. The number of rotatable bonds is 2. The maximum atomic E-state index is 11.4. The van der Waals surface area contributed by atoms with E-state index in [1.807, 2.05) is 0 Å². The zero-order valence-corrected chi connectivity index (χ0v) is 10.2. The molecule has 1 heterocycles. The number of benzene rings is 1. The van der Waals surface area contributed by atoms with Crippen LogP contribution in [0.3, 0.4) is 0 Å². The Balaban J connectivity index is 2.69. The summed E-state index contributed by atoms with van der Waals surface area (Å²) < 4.78 is 5.06. The Morgan fingerprint density at radius 2 is 2.18 bits per heavy atom. The summed E-state index contributed by atoms with van der Waals surface area (Å²) in [7, 11) is 1.27. The van der Waals surface area contributed by atoms with Crippen molar-refractivity contribution < 1.29 is 19.4 Å². The van der Waals surface area contributed by atoms with E-state index in [-0.39, 0.29) is 5.69 Å². The van der Waals surface area contributed by atoms with E-state index in [9.17, 15) is 9.59 Å². The minimum atomic E-state index is -1.14. The highest BCUT2D eigenvalue weighted by Gasteiger charge is 2.18. The number of esters is 1. The highest BCUT2D eigenvalue weighted by molar-refractivity contribution is 9.10. The summed E-state index contributed by atoms with van der Waals surface area (Å²) in [5.74, 6) is -1.64. The number of carboxylic acid groups (broad SMARTS) is 1. The highest BCUT2D eigenvalue weighted by atomic mass is 79.9. The molecule has 0 aliphatic carbocycles. The molecule has 0 amide bonds. The summed E-state index contributed by atoms with van der Waals surface area (Å²) in [6.45, 7) is 0. The molecule has 88 valence electrons. The number of carbonyl (C=O) groups excluding carboxylic acids is 1. The van der Waals surface area contributed by atoms with Gasteiger partial charge in [-0.25, -0.2) is 9.59 Å². The first-order valence-corrected chi connectivity index (χ1v) is 5.33. The topological polar surface area (TPSA) is 92.3 Å². The van der Waals surface area contributed by atoms with E-state index in [1.54, 1.807) is 0 Å². The van der Waals surface area contributed by atoms with Crippen LogP contribution in [0.25, 0.3) is 10.9 Å². The van der Waals surface area contributed by atoms with Crippen LogP contribution in [0.5, 0.6) is 0 Å². The van der Waals surface area contributed by atoms with E-state index in [0.717, 1.165) is 0 Å². The van der Waals surface area contributed by atoms with Crippen LogP contribution < -0.4 is 0 Å². The standard InChI is InChI=1S/C10H7BrN2O4/c1-17-10(16)4-2-5(11)7-6(3-4)12-13-8(7)9(14)15/h2-3H,1H3,(H,12,13)(H,14,15). The Morgan fingerprint density at radius 1 is 1.47 bits per heavy atom. The average molecular weight is 299 g/mol. The molecule has 0 unspecified atom stereocenters. The Kier molecular flexibility index (Phi) is 2.84. The van der Waals surface area contributed by atoms with Gasteiger partial charge in [-0.3, -0.25) is 5.10 Å². The van der Waals surface area contributed by atoms with E-state index in [1.165, 1.54) is 19.2 Å². The molecule has 0 saturated carbocycles. The molecule has 0 aliphatic heterocycles. The van der Waals surface area contributed by atoms with Gasteiger partial charge < -0.3 is 9.84 Å². The van der Waals surface area contributed by atoms with Gasteiger partial charge in [0.15, 0.2) is 5.69 Å². The number of hydrogen-bond acceptors (Lipinski definition) is 4. The lowest BCUT2D eigenvalue weighted by Crippen LogP contribution is -2.01. The molecule has 0 aliphatic rings. The maximum absolute atomic E-state index is 11.4. The summed E-state index contributed by atoms with van der Waals surface area (Å²) in [5.41, 5.74) is 0.674. The van der Waals surface area contributed by atoms with Gasteiger partial charge in [0.05, 0.1) is 18.2 Å². The average Bonchev–Trinajstić information content (AvgIpc) is 2.72. The first-order chi connectivity index (χ1) is 8.04. The zero-order chi connectivity index (χ0) is 12.6. The zero-order valence-electron chi connectivity index (χ0n) is 8.65. The monoisotopic (exact) mass is 298 g/mol. The number of halogens is 1. The number of fused-ring (bicyclic) bond motifs is 1. The van der Waals surface area contributed by atoms with E-state index in [0.29, 0.717) is 20.9 Å². The first kappa shape index (κ1) is 11.6. The normalized spacial score (nSPS) is 10.5. The van der Waals surface area contributed by atoms with Gasteiger partial charge >= 0.3 is 11.9 Å². The van der Waals surface area contributed by atoms with Crippen molar-refractivity contribution in [2.75, 3.05) is 7.11 Å².